The number of nitrogens with one attached hydrogen (secondary N) is 1. The molecule has 2 atom stereocenters. The van der Waals surface area contributed by atoms with E-state index in [9.17, 15) is 14.0 Å². The molecule has 1 aromatic heterocycles. The molecule has 2 amide bonds. The Morgan fingerprint density at radius 3 is 3.08 bits per heavy atom. The number of aryl methyl sites for hydroxylation is 1. The molecular formula is C17H22FN3O3. The fraction of sp³-hybridized carbons (Fsp3) is 0.588. The lowest BCUT2D eigenvalue weighted by molar-refractivity contribution is -0.139. The average molecular weight is 335 g/mol. The number of amides is 2. The molecule has 1 N–H and O–H groups in total. The van der Waals surface area contributed by atoms with Gasteiger partial charge >= 0.3 is 0 Å². The highest BCUT2D eigenvalue weighted by atomic mass is 19.1. The van der Waals surface area contributed by atoms with E-state index >= 15 is 0 Å². The number of pyridine rings is 1. The summed E-state index contributed by atoms with van der Waals surface area (Å²) in [6.07, 6.45) is 4.06. The zero-order valence-electron chi connectivity index (χ0n) is 13.8. The van der Waals surface area contributed by atoms with Gasteiger partial charge in [0.1, 0.15) is 5.82 Å². The van der Waals surface area contributed by atoms with Crippen molar-refractivity contribution in [3.63, 3.8) is 0 Å². The minimum atomic E-state index is -0.539. The van der Waals surface area contributed by atoms with E-state index in [0.29, 0.717) is 44.7 Å². The van der Waals surface area contributed by atoms with Gasteiger partial charge in [0.05, 0.1) is 18.2 Å². The quantitative estimate of drug-likeness (QED) is 0.882. The van der Waals surface area contributed by atoms with E-state index in [2.05, 4.69) is 10.3 Å². The van der Waals surface area contributed by atoms with Crippen molar-refractivity contribution < 1.29 is 18.7 Å². The van der Waals surface area contributed by atoms with Gasteiger partial charge in [-0.2, -0.15) is 0 Å². The van der Waals surface area contributed by atoms with Crippen molar-refractivity contribution in [3.8, 4) is 0 Å². The van der Waals surface area contributed by atoms with Gasteiger partial charge in [-0.25, -0.2) is 4.39 Å². The van der Waals surface area contributed by atoms with Crippen LogP contribution in [0.4, 0.5) is 4.39 Å². The number of ether oxygens (including phenoxy) is 1. The number of hydrogen-bond acceptors (Lipinski definition) is 4. The molecular weight excluding hydrogens is 313 g/mol. The third kappa shape index (κ3) is 3.13. The van der Waals surface area contributed by atoms with Gasteiger partial charge in [-0.3, -0.25) is 14.6 Å². The van der Waals surface area contributed by atoms with E-state index in [1.807, 2.05) is 0 Å². The second kappa shape index (κ2) is 6.84. The lowest BCUT2D eigenvalue weighted by atomic mass is 9.73. The number of likely N-dealkylation sites (tertiary alicyclic amines) is 1. The average Bonchev–Trinajstić information content (AvgIpc) is 3.00. The van der Waals surface area contributed by atoms with E-state index in [-0.39, 0.29) is 24.2 Å². The van der Waals surface area contributed by atoms with Crippen molar-refractivity contribution >= 4 is 11.8 Å². The zero-order valence-corrected chi connectivity index (χ0v) is 13.8. The molecule has 0 saturated carbocycles. The second-order valence-corrected chi connectivity index (χ2v) is 6.54. The minimum absolute atomic E-state index is 0.0135. The molecule has 1 aromatic rings. The van der Waals surface area contributed by atoms with Gasteiger partial charge in [-0.1, -0.05) is 0 Å². The molecule has 2 aliphatic rings. The Balaban J connectivity index is 1.65. The maximum absolute atomic E-state index is 13.2. The Morgan fingerprint density at radius 1 is 1.50 bits per heavy atom. The van der Waals surface area contributed by atoms with Crippen molar-refractivity contribution in [2.45, 2.75) is 19.3 Å². The van der Waals surface area contributed by atoms with Crippen LogP contribution in [-0.4, -0.2) is 55.0 Å². The fourth-order valence-corrected chi connectivity index (χ4v) is 3.76. The lowest BCUT2D eigenvalue weighted by Crippen LogP contribution is -2.49. The molecule has 0 radical (unpaired) electrons. The van der Waals surface area contributed by atoms with E-state index in [4.69, 9.17) is 4.74 Å². The van der Waals surface area contributed by atoms with Crippen LogP contribution in [0.3, 0.4) is 0 Å². The molecule has 3 rings (SSSR count). The van der Waals surface area contributed by atoms with Gasteiger partial charge in [0.25, 0.3) is 0 Å². The smallest absolute Gasteiger partial charge is 0.228 e. The van der Waals surface area contributed by atoms with Crippen molar-refractivity contribution in [1.82, 2.24) is 15.2 Å². The van der Waals surface area contributed by atoms with Crippen LogP contribution < -0.4 is 5.32 Å². The predicted octanol–water partition coefficient (Wildman–Crippen LogP) is 0.764. The second-order valence-electron chi connectivity index (χ2n) is 6.54. The fourth-order valence-electron chi connectivity index (χ4n) is 3.76. The van der Waals surface area contributed by atoms with Crippen LogP contribution in [0.2, 0.25) is 0 Å². The number of rotatable bonds is 4. The Kier molecular flexibility index (Phi) is 4.80. The molecule has 24 heavy (non-hydrogen) atoms. The van der Waals surface area contributed by atoms with Crippen LogP contribution in [0, 0.1) is 17.2 Å². The van der Waals surface area contributed by atoms with Gasteiger partial charge < -0.3 is 15.0 Å². The standard InChI is InChI=1S/C17H22FN3O3/c1-19-16(23)17-4-5-24-10-13(17)9-21(11-17)15(22)3-2-12-6-14(18)8-20-7-12/h6-8,13H,2-5,9-11H2,1H3,(H,19,23)/t13-,17+/m1/s1. The van der Waals surface area contributed by atoms with Crippen molar-refractivity contribution in [2.24, 2.45) is 11.3 Å². The van der Waals surface area contributed by atoms with Gasteiger partial charge in [0, 0.05) is 45.3 Å². The first-order valence-electron chi connectivity index (χ1n) is 8.22. The largest absolute Gasteiger partial charge is 0.381 e. The molecule has 0 aliphatic carbocycles. The highest BCUT2D eigenvalue weighted by molar-refractivity contribution is 5.85. The molecule has 6 nitrogen and oxygen atoms in total. The summed E-state index contributed by atoms with van der Waals surface area (Å²) in [5, 5.41) is 2.74. The van der Waals surface area contributed by atoms with E-state index < -0.39 is 11.2 Å². The Bertz CT molecular complexity index is 639. The molecule has 0 aromatic carbocycles. The predicted molar refractivity (Wildman–Crippen MR) is 84.5 cm³/mol. The summed E-state index contributed by atoms with van der Waals surface area (Å²) < 4.78 is 18.7. The molecule has 2 aliphatic heterocycles. The third-order valence-electron chi connectivity index (χ3n) is 5.13. The molecule has 7 heteroatoms. The molecule has 0 spiro atoms. The normalized spacial score (nSPS) is 26.1. The van der Waals surface area contributed by atoms with Crippen LogP contribution >= 0.6 is 0 Å². The maximum atomic E-state index is 13.2. The third-order valence-corrected chi connectivity index (χ3v) is 5.13. The summed E-state index contributed by atoms with van der Waals surface area (Å²) in [5.74, 6) is -0.397. The maximum Gasteiger partial charge on any atom is 0.228 e. The summed E-state index contributed by atoms with van der Waals surface area (Å²) in [6, 6.07) is 1.39. The Hall–Kier alpha value is -2.02. The highest BCUT2D eigenvalue weighted by Gasteiger charge is 2.54. The van der Waals surface area contributed by atoms with E-state index in [0.717, 1.165) is 6.20 Å². The minimum Gasteiger partial charge on any atom is -0.381 e. The number of fused-ring (bicyclic) bond motifs is 1. The van der Waals surface area contributed by atoms with Crippen molar-refractivity contribution in [3.05, 3.63) is 29.8 Å². The summed E-state index contributed by atoms with van der Waals surface area (Å²) in [6.45, 7) is 2.01. The van der Waals surface area contributed by atoms with E-state index in [1.165, 1.54) is 6.07 Å². The van der Waals surface area contributed by atoms with Crippen LogP contribution in [0.1, 0.15) is 18.4 Å². The first kappa shape index (κ1) is 16.8. The number of nitrogens with zero attached hydrogens (tertiary/aromatic N) is 2. The monoisotopic (exact) mass is 335 g/mol. The van der Waals surface area contributed by atoms with Crippen molar-refractivity contribution in [2.75, 3.05) is 33.4 Å². The molecule has 2 saturated heterocycles. The molecule has 2 fully saturated rings. The van der Waals surface area contributed by atoms with Crippen LogP contribution in [0.25, 0.3) is 0 Å². The summed E-state index contributed by atoms with van der Waals surface area (Å²) in [5.41, 5.74) is 0.160. The van der Waals surface area contributed by atoms with Crippen LogP contribution in [0.15, 0.2) is 18.5 Å². The highest BCUT2D eigenvalue weighted by Crippen LogP contribution is 2.42. The Morgan fingerprint density at radius 2 is 2.33 bits per heavy atom. The van der Waals surface area contributed by atoms with Crippen LogP contribution in [0.5, 0.6) is 0 Å². The number of carbonyl (C=O) groups is 2. The van der Waals surface area contributed by atoms with Gasteiger partial charge in [-0.15, -0.1) is 0 Å². The molecule has 0 unspecified atom stereocenters. The van der Waals surface area contributed by atoms with E-state index in [1.54, 1.807) is 18.1 Å². The van der Waals surface area contributed by atoms with Gasteiger partial charge in [0.2, 0.25) is 11.8 Å². The lowest BCUT2D eigenvalue weighted by Gasteiger charge is -2.36. The summed E-state index contributed by atoms with van der Waals surface area (Å²) in [7, 11) is 1.63. The number of carbonyl (C=O) groups excluding carboxylic acids is 2. The topological polar surface area (TPSA) is 71.5 Å². The molecule has 3 heterocycles. The molecule has 0 bridgehead atoms. The summed E-state index contributed by atoms with van der Waals surface area (Å²) >= 11 is 0. The number of hydrogen-bond donors (Lipinski definition) is 1. The SMILES string of the molecule is CNC(=O)[C@]12CCOC[C@H]1CN(C(=O)CCc1cncc(F)c1)C2. The van der Waals surface area contributed by atoms with Gasteiger partial charge in [0.15, 0.2) is 0 Å². The van der Waals surface area contributed by atoms with Crippen molar-refractivity contribution in [1.29, 1.82) is 0 Å². The first-order valence-corrected chi connectivity index (χ1v) is 8.22. The molecule has 130 valence electrons. The number of halogens is 1. The zero-order chi connectivity index (χ0) is 17.2. The number of aromatic nitrogens is 1. The van der Waals surface area contributed by atoms with Gasteiger partial charge in [-0.05, 0) is 24.5 Å². The first-order chi connectivity index (χ1) is 11.5. The summed E-state index contributed by atoms with van der Waals surface area (Å²) in [4.78, 5) is 30.5. The Labute approximate surface area is 140 Å². The van der Waals surface area contributed by atoms with Crippen LogP contribution in [-0.2, 0) is 20.7 Å².